The Morgan fingerprint density at radius 2 is 1.96 bits per heavy atom. The Bertz CT molecular complexity index is 606. The summed E-state index contributed by atoms with van der Waals surface area (Å²) in [6.45, 7) is 2.52. The summed E-state index contributed by atoms with van der Waals surface area (Å²) in [7, 11) is 3.02. The van der Waals surface area contributed by atoms with Gasteiger partial charge in [-0.3, -0.25) is 24.6 Å². The first-order valence-electron chi connectivity index (χ1n) is 7.44. The number of hydrogen-bond acceptors (Lipinski definition) is 6. The Labute approximate surface area is 140 Å². The van der Waals surface area contributed by atoms with Crippen LogP contribution in [0.4, 0.5) is 11.4 Å². The zero-order valence-corrected chi connectivity index (χ0v) is 14.0. The van der Waals surface area contributed by atoms with Crippen LogP contribution in [0.25, 0.3) is 0 Å². The molecule has 2 N–H and O–H groups in total. The number of carbonyl (C=O) groups is 2. The van der Waals surface area contributed by atoms with E-state index in [1.807, 2.05) is 6.92 Å². The number of carbonyl (C=O) groups excluding carboxylic acids is 2. The second-order valence-electron chi connectivity index (χ2n) is 5.21. The molecule has 0 saturated carbocycles. The predicted octanol–water partition coefficient (Wildman–Crippen LogP) is 1.000. The molecule has 0 aliphatic heterocycles. The van der Waals surface area contributed by atoms with Gasteiger partial charge in [-0.25, -0.2) is 0 Å². The first-order chi connectivity index (χ1) is 11.4. The number of likely N-dealkylation sites (N-methyl/N-ethyl adjacent to an activating group) is 1. The first-order valence-corrected chi connectivity index (χ1v) is 7.44. The summed E-state index contributed by atoms with van der Waals surface area (Å²) in [5.74, 6) is -0.305. The van der Waals surface area contributed by atoms with Crippen molar-refractivity contribution in [1.82, 2.24) is 10.2 Å². The van der Waals surface area contributed by atoms with Crippen LogP contribution in [-0.2, 0) is 9.59 Å². The van der Waals surface area contributed by atoms with E-state index in [0.29, 0.717) is 12.3 Å². The summed E-state index contributed by atoms with van der Waals surface area (Å²) in [5, 5.41) is 16.3. The van der Waals surface area contributed by atoms with Gasteiger partial charge in [-0.1, -0.05) is 6.92 Å². The monoisotopic (exact) mass is 338 g/mol. The molecule has 0 heterocycles. The fourth-order valence-electron chi connectivity index (χ4n) is 1.95. The Morgan fingerprint density at radius 3 is 2.54 bits per heavy atom. The zero-order chi connectivity index (χ0) is 18.1. The average Bonchev–Trinajstić information content (AvgIpc) is 2.52. The van der Waals surface area contributed by atoms with Crippen LogP contribution in [-0.4, -0.2) is 55.4 Å². The fourth-order valence-corrected chi connectivity index (χ4v) is 1.95. The molecular weight excluding hydrogens is 316 g/mol. The summed E-state index contributed by atoms with van der Waals surface area (Å²) in [6, 6.07) is 4.16. The van der Waals surface area contributed by atoms with Crippen LogP contribution in [0.5, 0.6) is 5.75 Å². The number of nitrogens with zero attached hydrogens (tertiary/aromatic N) is 2. The van der Waals surface area contributed by atoms with Crippen molar-refractivity contribution in [2.24, 2.45) is 0 Å². The van der Waals surface area contributed by atoms with Crippen molar-refractivity contribution in [1.29, 1.82) is 0 Å². The maximum Gasteiger partial charge on any atom is 0.296 e. The number of anilines is 1. The predicted molar refractivity (Wildman–Crippen MR) is 89.1 cm³/mol. The lowest BCUT2D eigenvalue weighted by Crippen LogP contribution is -2.39. The molecule has 2 amide bonds. The SMILES string of the molecule is CCCNC(=O)CN(C)CC(=O)Nc1ccc(OC)cc1[N+](=O)[O-]. The molecule has 0 saturated heterocycles. The minimum Gasteiger partial charge on any atom is -0.496 e. The number of rotatable bonds is 9. The maximum atomic E-state index is 12.0. The zero-order valence-electron chi connectivity index (χ0n) is 14.0. The van der Waals surface area contributed by atoms with Gasteiger partial charge in [0.2, 0.25) is 11.8 Å². The molecule has 24 heavy (non-hydrogen) atoms. The molecule has 132 valence electrons. The van der Waals surface area contributed by atoms with Gasteiger partial charge < -0.3 is 15.4 Å². The van der Waals surface area contributed by atoms with Crippen LogP contribution in [0, 0.1) is 10.1 Å². The van der Waals surface area contributed by atoms with E-state index in [9.17, 15) is 19.7 Å². The van der Waals surface area contributed by atoms with E-state index in [1.165, 1.54) is 30.2 Å². The van der Waals surface area contributed by atoms with Gasteiger partial charge in [0, 0.05) is 6.54 Å². The van der Waals surface area contributed by atoms with Crippen molar-refractivity contribution in [2.75, 3.05) is 39.1 Å². The van der Waals surface area contributed by atoms with Gasteiger partial charge in [-0.15, -0.1) is 0 Å². The maximum absolute atomic E-state index is 12.0. The molecule has 0 bridgehead atoms. The normalized spacial score (nSPS) is 10.3. The van der Waals surface area contributed by atoms with Gasteiger partial charge in [0.1, 0.15) is 11.4 Å². The summed E-state index contributed by atoms with van der Waals surface area (Å²) in [5.41, 5.74) is -0.180. The molecule has 0 atom stereocenters. The van der Waals surface area contributed by atoms with Crippen molar-refractivity contribution < 1.29 is 19.2 Å². The van der Waals surface area contributed by atoms with E-state index < -0.39 is 10.8 Å². The highest BCUT2D eigenvalue weighted by Gasteiger charge is 2.18. The second-order valence-corrected chi connectivity index (χ2v) is 5.21. The van der Waals surface area contributed by atoms with Crippen LogP contribution in [0.15, 0.2) is 18.2 Å². The van der Waals surface area contributed by atoms with E-state index >= 15 is 0 Å². The van der Waals surface area contributed by atoms with Crippen LogP contribution >= 0.6 is 0 Å². The number of methoxy groups -OCH3 is 1. The molecule has 0 unspecified atom stereocenters. The Morgan fingerprint density at radius 1 is 1.29 bits per heavy atom. The highest BCUT2D eigenvalue weighted by atomic mass is 16.6. The van der Waals surface area contributed by atoms with E-state index in [1.54, 1.807) is 7.05 Å². The summed E-state index contributed by atoms with van der Waals surface area (Å²) in [4.78, 5) is 35.6. The minimum atomic E-state index is -0.597. The van der Waals surface area contributed by atoms with Crippen molar-refractivity contribution >= 4 is 23.2 Å². The largest absolute Gasteiger partial charge is 0.496 e. The highest BCUT2D eigenvalue weighted by Crippen LogP contribution is 2.28. The first kappa shape index (κ1) is 19.4. The van der Waals surface area contributed by atoms with Gasteiger partial charge in [-0.05, 0) is 25.6 Å². The van der Waals surface area contributed by atoms with Crippen molar-refractivity contribution in [3.63, 3.8) is 0 Å². The van der Waals surface area contributed by atoms with Crippen molar-refractivity contribution in [3.05, 3.63) is 28.3 Å². The fraction of sp³-hybridized carbons (Fsp3) is 0.467. The Balaban J connectivity index is 2.64. The van der Waals surface area contributed by atoms with Gasteiger partial charge in [-0.2, -0.15) is 0 Å². The lowest BCUT2D eigenvalue weighted by Gasteiger charge is -2.16. The molecule has 0 radical (unpaired) electrons. The van der Waals surface area contributed by atoms with Gasteiger partial charge in [0.05, 0.1) is 31.2 Å². The molecular formula is C15H22N4O5. The van der Waals surface area contributed by atoms with Crippen LogP contribution < -0.4 is 15.4 Å². The summed E-state index contributed by atoms with van der Waals surface area (Å²) >= 11 is 0. The summed E-state index contributed by atoms with van der Waals surface area (Å²) < 4.78 is 4.94. The minimum absolute atomic E-state index is 0.0667. The molecule has 0 fully saturated rings. The standard InChI is InChI=1S/C15H22N4O5/c1-4-7-16-14(20)9-18(2)10-15(21)17-12-6-5-11(24-3)8-13(12)19(22)23/h5-6,8H,4,7,9-10H2,1-3H3,(H,16,20)(H,17,21). The second kappa shape index (κ2) is 9.46. The molecule has 1 aromatic carbocycles. The lowest BCUT2D eigenvalue weighted by molar-refractivity contribution is -0.384. The average molecular weight is 338 g/mol. The van der Waals surface area contributed by atoms with Crippen LogP contribution in [0.1, 0.15) is 13.3 Å². The molecule has 0 aliphatic carbocycles. The topological polar surface area (TPSA) is 114 Å². The third-order valence-electron chi connectivity index (χ3n) is 3.07. The van der Waals surface area contributed by atoms with Crippen molar-refractivity contribution in [2.45, 2.75) is 13.3 Å². The third-order valence-corrected chi connectivity index (χ3v) is 3.07. The number of nitrogens with one attached hydrogen (secondary N) is 2. The van der Waals surface area contributed by atoms with E-state index in [4.69, 9.17) is 4.74 Å². The molecule has 9 heteroatoms. The molecule has 9 nitrogen and oxygen atoms in total. The molecule has 0 aromatic heterocycles. The molecule has 0 aliphatic rings. The highest BCUT2D eigenvalue weighted by molar-refractivity contribution is 5.94. The number of amides is 2. The van der Waals surface area contributed by atoms with Crippen molar-refractivity contribution in [3.8, 4) is 5.75 Å². The van der Waals surface area contributed by atoms with Crippen LogP contribution in [0.2, 0.25) is 0 Å². The quantitative estimate of drug-likeness (QED) is 0.513. The number of nitro groups is 1. The van der Waals surface area contributed by atoms with Gasteiger partial charge >= 0.3 is 0 Å². The Hall–Kier alpha value is -2.68. The summed E-state index contributed by atoms with van der Waals surface area (Å²) in [6.07, 6.45) is 0.830. The van der Waals surface area contributed by atoms with Gasteiger partial charge in [0.15, 0.2) is 0 Å². The number of ether oxygens (including phenoxy) is 1. The van der Waals surface area contributed by atoms with Gasteiger partial charge in [0.25, 0.3) is 5.69 Å². The molecule has 0 spiro atoms. The number of hydrogen-bond donors (Lipinski definition) is 2. The lowest BCUT2D eigenvalue weighted by atomic mass is 10.2. The smallest absolute Gasteiger partial charge is 0.296 e. The number of nitro benzene ring substituents is 1. The Kier molecular flexibility index (Phi) is 7.63. The molecule has 1 rings (SSSR count). The third kappa shape index (κ3) is 6.21. The van der Waals surface area contributed by atoms with E-state index in [0.717, 1.165) is 6.42 Å². The molecule has 1 aromatic rings. The van der Waals surface area contributed by atoms with E-state index in [-0.39, 0.29) is 30.4 Å². The van der Waals surface area contributed by atoms with E-state index in [2.05, 4.69) is 10.6 Å². The number of benzene rings is 1. The van der Waals surface area contributed by atoms with Crippen LogP contribution in [0.3, 0.4) is 0 Å².